The third-order valence-electron chi connectivity index (χ3n) is 3.44. The van der Waals surface area contributed by atoms with Gasteiger partial charge in [0.25, 0.3) is 11.8 Å². The molecule has 0 fully saturated rings. The minimum atomic E-state index is -0.627. The zero-order valence-electron chi connectivity index (χ0n) is 13.3. The number of carbonyl (C=O) groups excluding carboxylic acids is 2. The summed E-state index contributed by atoms with van der Waals surface area (Å²) < 4.78 is 0. The summed E-state index contributed by atoms with van der Waals surface area (Å²) >= 11 is 1.52. The van der Waals surface area contributed by atoms with Crippen molar-refractivity contribution in [3.63, 3.8) is 0 Å². The molecule has 1 aliphatic heterocycles. The van der Waals surface area contributed by atoms with Crippen LogP contribution in [0.3, 0.4) is 0 Å². The Balaban J connectivity index is 1.71. The van der Waals surface area contributed by atoms with Crippen LogP contribution in [0.15, 0.2) is 41.5 Å². The molecule has 124 valence electrons. The first kappa shape index (κ1) is 16.1. The normalized spacial score (nSPS) is 17.2. The number of para-hydroxylation sites is 1. The van der Waals surface area contributed by atoms with Crippen LogP contribution in [0.5, 0.6) is 0 Å². The number of thiazole rings is 1. The lowest BCUT2D eigenvalue weighted by Gasteiger charge is -2.30. The second kappa shape index (κ2) is 6.79. The van der Waals surface area contributed by atoms with Crippen molar-refractivity contribution >= 4 is 34.7 Å². The van der Waals surface area contributed by atoms with E-state index in [4.69, 9.17) is 0 Å². The molecule has 2 aromatic rings. The summed E-state index contributed by atoms with van der Waals surface area (Å²) in [5.74, 6) is -0.454. The summed E-state index contributed by atoms with van der Waals surface area (Å²) in [7, 11) is 0. The maximum absolute atomic E-state index is 12.3. The number of anilines is 1. The molecule has 0 radical (unpaired) electrons. The van der Waals surface area contributed by atoms with E-state index in [9.17, 15) is 9.59 Å². The lowest BCUT2D eigenvalue weighted by Crippen LogP contribution is -2.57. The summed E-state index contributed by atoms with van der Waals surface area (Å²) in [6.45, 7) is 3.95. The Hall–Kier alpha value is -2.74. The molecular formula is C16H17N5O2S. The molecule has 24 heavy (non-hydrogen) atoms. The lowest BCUT2D eigenvalue weighted by molar-refractivity contribution is -0.120. The molecule has 1 aromatic heterocycles. The van der Waals surface area contributed by atoms with E-state index in [1.54, 1.807) is 25.3 Å². The van der Waals surface area contributed by atoms with Crippen LogP contribution in [0.1, 0.15) is 16.8 Å². The van der Waals surface area contributed by atoms with E-state index in [0.29, 0.717) is 12.2 Å². The van der Waals surface area contributed by atoms with E-state index in [1.165, 1.54) is 16.3 Å². The van der Waals surface area contributed by atoms with Gasteiger partial charge in [-0.2, -0.15) is 0 Å². The number of rotatable bonds is 4. The highest BCUT2D eigenvalue weighted by Crippen LogP contribution is 2.16. The molecule has 8 heteroatoms. The van der Waals surface area contributed by atoms with Crippen molar-refractivity contribution in [1.29, 1.82) is 0 Å². The Morgan fingerprint density at radius 2 is 2.12 bits per heavy atom. The van der Waals surface area contributed by atoms with Gasteiger partial charge in [-0.25, -0.2) is 15.0 Å². The van der Waals surface area contributed by atoms with Crippen LogP contribution in [0.25, 0.3) is 0 Å². The van der Waals surface area contributed by atoms with E-state index in [0.717, 1.165) is 9.88 Å². The number of nitrogens with one attached hydrogen (secondary N) is 2. The van der Waals surface area contributed by atoms with Crippen molar-refractivity contribution in [2.45, 2.75) is 26.4 Å². The number of nitrogens with zero attached hydrogens (tertiary/aromatic N) is 3. The highest BCUT2D eigenvalue weighted by atomic mass is 32.1. The molecular weight excluding hydrogens is 326 g/mol. The summed E-state index contributed by atoms with van der Waals surface area (Å²) in [6.07, 6.45) is 1.73. The Morgan fingerprint density at radius 1 is 1.38 bits per heavy atom. The van der Waals surface area contributed by atoms with Crippen LogP contribution in [-0.4, -0.2) is 28.7 Å². The van der Waals surface area contributed by atoms with E-state index in [-0.39, 0.29) is 17.6 Å². The van der Waals surface area contributed by atoms with Gasteiger partial charge in [-0.15, -0.1) is 11.3 Å². The van der Waals surface area contributed by atoms with Gasteiger partial charge in [-0.1, -0.05) is 18.2 Å². The number of hydrogen-bond donors (Lipinski definition) is 2. The van der Waals surface area contributed by atoms with Gasteiger partial charge in [0, 0.05) is 11.1 Å². The fourth-order valence-corrected chi connectivity index (χ4v) is 2.98. The van der Waals surface area contributed by atoms with E-state index < -0.39 is 6.04 Å². The summed E-state index contributed by atoms with van der Waals surface area (Å²) in [4.78, 5) is 33.9. The van der Waals surface area contributed by atoms with Gasteiger partial charge >= 0.3 is 0 Å². The largest absolute Gasteiger partial charge is 0.344 e. The Bertz CT molecular complexity index is 787. The molecule has 1 aromatic carbocycles. The molecule has 0 aliphatic carbocycles. The smallest absolute Gasteiger partial charge is 0.288 e. The fraction of sp³-hybridized carbons (Fsp3) is 0.250. The SMILES string of the molecule is Cc1ncc(CNC(=O)C2=NC(C)C(=O)N(c3ccccc3)N2)s1. The number of carbonyl (C=O) groups is 2. The van der Waals surface area contributed by atoms with Crippen molar-refractivity contribution in [1.82, 2.24) is 15.7 Å². The molecule has 1 aliphatic rings. The number of aryl methyl sites for hydroxylation is 1. The number of hydrazine groups is 1. The topological polar surface area (TPSA) is 86.7 Å². The summed E-state index contributed by atoms with van der Waals surface area (Å²) in [5.41, 5.74) is 3.46. The zero-order valence-corrected chi connectivity index (χ0v) is 14.1. The van der Waals surface area contributed by atoms with Crippen LogP contribution >= 0.6 is 11.3 Å². The first-order chi connectivity index (χ1) is 11.5. The molecule has 0 bridgehead atoms. The molecule has 0 spiro atoms. The quantitative estimate of drug-likeness (QED) is 0.879. The van der Waals surface area contributed by atoms with Crippen LogP contribution in [0.4, 0.5) is 5.69 Å². The number of amides is 2. The van der Waals surface area contributed by atoms with Gasteiger partial charge in [-0.05, 0) is 26.0 Å². The maximum Gasteiger partial charge on any atom is 0.288 e. The van der Waals surface area contributed by atoms with Crippen LogP contribution in [0.2, 0.25) is 0 Å². The Kier molecular flexibility index (Phi) is 4.57. The summed E-state index contributed by atoms with van der Waals surface area (Å²) in [6, 6.07) is 8.47. The van der Waals surface area contributed by atoms with Crippen LogP contribution in [0, 0.1) is 6.92 Å². The third kappa shape index (κ3) is 3.43. The predicted octanol–water partition coefficient (Wildman–Crippen LogP) is 1.41. The number of amidine groups is 1. The van der Waals surface area contributed by atoms with Crippen molar-refractivity contribution in [3.8, 4) is 0 Å². The standard InChI is InChI=1S/C16H17N5O2S/c1-10-16(23)21(12-6-4-3-5-7-12)20-14(19-10)15(22)18-9-13-8-17-11(2)24-13/h3-8,10H,9H2,1-2H3,(H,18,22)(H,19,20). The molecule has 2 N–H and O–H groups in total. The molecule has 1 atom stereocenters. The van der Waals surface area contributed by atoms with Crippen molar-refractivity contribution in [2.24, 2.45) is 4.99 Å². The van der Waals surface area contributed by atoms with E-state index in [1.807, 2.05) is 25.1 Å². The number of aliphatic imine (C=N–C) groups is 1. The van der Waals surface area contributed by atoms with Gasteiger partial charge in [-0.3, -0.25) is 15.0 Å². The Morgan fingerprint density at radius 3 is 2.79 bits per heavy atom. The number of hydrogen-bond acceptors (Lipinski definition) is 6. The first-order valence-corrected chi connectivity index (χ1v) is 8.29. The minimum absolute atomic E-state index is 0.118. The average molecular weight is 343 g/mol. The number of aromatic nitrogens is 1. The van der Waals surface area contributed by atoms with E-state index >= 15 is 0 Å². The zero-order chi connectivity index (χ0) is 17.1. The second-order valence-corrected chi connectivity index (χ2v) is 6.62. The molecule has 7 nitrogen and oxygen atoms in total. The molecule has 0 saturated carbocycles. The molecule has 2 amide bonds. The summed E-state index contributed by atoms with van der Waals surface area (Å²) in [5, 5.41) is 5.09. The van der Waals surface area contributed by atoms with Crippen molar-refractivity contribution in [3.05, 3.63) is 46.4 Å². The van der Waals surface area contributed by atoms with Crippen LogP contribution in [-0.2, 0) is 16.1 Å². The van der Waals surface area contributed by atoms with Crippen molar-refractivity contribution in [2.75, 3.05) is 5.01 Å². The van der Waals surface area contributed by atoms with Crippen molar-refractivity contribution < 1.29 is 9.59 Å². The molecule has 3 rings (SSSR count). The maximum atomic E-state index is 12.3. The Labute approximate surface area is 143 Å². The molecule has 0 saturated heterocycles. The number of benzene rings is 1. The van der Waals surface area contributed by atoms with Crippen LogP contribution < -0.4 is 15.8 Å². The molecule has 2 heterocycles. The predicted molar refractivity (Wildman–Crippen MR) is 92.7 cm³/mol. The van der Waals surface area contributed by atoms with E-state index in [2.05, 4.69) is 20.7 Å². The highest BCUT2D eigenvalue weighted by Gasteiger charge is 2.30. The lowest BCUT2D eigenvalue weighted by atomic mass is 10.2. The van der Waals surface area contributed by atoms with Gasteiger partial charge < -0.3 is 5.32 Å². The first-order valence-electron chi connectivity index (χ1n) is 7.47. The monoisotopic (exact) mass is 343 g/mol. The van der Waals surface area contributed by atoms with Gasteiger partial charge in [0.1, 0.15) is 6.04 Å². The van der Waals surface area contributed by atoms with Gasteiger partial charge in [0.05, 0.1) is 17.2 Å². The fourth-order valence-electron chi connectivity index (χ4n) is 2.24. The third-order valence-corrected chi connectivity index (χ3v) is 4.35. The molecule has 1 unspecified atom stereocenters. The van der Waals surface area contributed by atoms with Gasteiger partial charge in [0.2, 0.25) is 5.84 Å². The minimum Gasteiger partial charge on any atom is -0.344 e. The highest BCUT2D eigenvalue weighted by molar-refractivity contribution is 7.11. The second-order valence-electron chi connectivity index (χ2n) is 5.30. The van der Waals surface area contributed by atoms with Gasteiger partial charge in [0.15, 0.2) is 0 Å². The average Bonchev–Trinajstić information content (AvgIpc) is 3.01.